The van der Waals surface area contributed by atoms with E-state index in [9.17, 15) is 9.59 Å². The third-order valence-corrected chi connectivity index (χ3v) is 3.20. The van der Waals surface area contributed by atoms with E-state index < -0.39 is 0 Å². The van der Waals surface area contributed by atoms with Crippen LogP contribution in [-0.4, -0.2) is 27.0 Å². The van der Waals surface area contributed by atoms with Gasteiger partial charge in [0.05, 0.1) is 0 Å². The number of carbonyl (C=O) groups excluding carboxylic acids is 2. The van der Waals surface area contributed by atoms with Crippen molar-refractivity contribution in [1.29, 1.82) is 0 Å². The monoisotopic (exact) mass is 227 g/mol. The molecule has 2 aromatic rings. The first-order chi connectivity index (χ1) is 8.11. The van der Waals surface area contributed by atoms with E-state index in [4.69, 9.17) is 0 Å². The van der Waals surface area contributed by atoms with Crippen molar-refractivity contribution >= 4 is 11.6 Å². The molecule has 0 bridgehead atoms. The molecule has 0 saturated heterocycles. The fraction of sp³-hybridized carbons (Fsp3) is 0.167. The Labute approximate surface area is 96.9 Å². The van der Waals surface area contributed by atoms with Gasteiger partial charge in [0.1, 0.15) is 5.69 Å². The molecular formula is C12H9N3O2. The zero-order valence-corrected chi connectivity index (χ0v) is 9.37. The highest BCUT2D eigenvalue weighted by molar-refractivity contribution is 6.27. The van der Waals surface area contributed by atoms with Gasteiger partial charge in [-0.05, 0) is 31.0 Å². The Bertz CT molecular complexity index is 670. The number of nitrogens with zero attached hydrogens (tertiary/aromatic N) is 2. The summed E-state index contributed by atoms with van der Waals surface area (Å²) in [5.74, 6) is -0.452. The Kier molecular flexibility index (Phi) is 1.80. The second-order valence-corrected chi connectivity index (χ2v) is 4.12. The first kappa shape index (κ1) is 9.89. The van der Waals surface area contributed by atoms with Crippen LogP contribution in [0.5, 0.6) is 0 Å². The molecule has 5 heteroatoms. The van der Waals surface area contributed by atoms with Crippen LogP contribution in [-0.2, 0) is 0 Å². The van der Waals surface area contributed by atoms with Gasteiger partial charge in [-0.25, -0.2) is 0 Å². The van der Waals surface area contributed by atoms with Gasteiger partial charge in [-0.1, -0.05) is 11.3 Å². The zero-order valence-electron chi connectivity index (χ0n) is 9.37. The second kappa shape index (κ2) is 3.10. The lowest BCUT2D eigenvalue weighted by molar-refractivity contribution is 0.0973. The fourth-order valence-electron chi connectivity index (χ4n) is 2.10. The van der Waals surface area contributed by atoms with Gasteiger partial charge >= 0.3 is 0 Å². The molecule has 1 aromatic carbocycles. The van der Waals surface area contributed by atoms with Crippen LogP contribution >= 0.6 is 0 Å². The molecule has 1 heterocycles. The van der Waals surface area contributed by atoms with E-state index in [1.54, 1.807) is 6.07 Å². The summed E-state index contributed by atoms with van der Waals surface area (Å²) in [7, 11) is 0. The molecule has 0 saturated carbocycles. The highest BCUT2D eigenvalue weighted by atomic mass is 16.1. The maximum absolute atomic E-state index is 12.2. The molecule has 0 unspecified atom stereocenters. The molecule has 0 radical (unpaired) electrons. The van der Waals surface area contributed by atoms with E-state index in [1.807, 2.05) is 19.9 Å². The van der Waals surface area contributed by atoms with Crippen molar-refractivity contribution in [2.24, 2.45) is 0 Å². The molecular weight excluding hydrogens is 218 g/mol. The van der Waals surface area contributed by atoms with Crippen LogP contribution < -0.4 is 0 Å². The standard InChI is InChI=1S/C12H9N3O2/c1-5-3-4-7-8(6(5)2)12(17)10-9(11(7)16)13-15-14-10/h3-4H,1-2H3,(H,13,14,15). The highest BCUT2D eigenvalue weighted by Gasteiger charge is 2.34. The SMILES string of the molecule is Cc1ccc2c(c1C)C(=O)c1nn[nH]c1C2=O. The maximum atomic E-state index is 12.2. The number of aryl methyl sites for hydroxylation is 1. The van der Waals surface area contributed by atoms with Gasteiger partial charge in [0, 0.05) is 11.1 Å². The molecule has 1 aliphatic rings. The van der Waals surface area contributed by atoms with E-state index >= 15 is 0 Å². The maximum Gasteiger partial charge on any atom is 0.216 e. The van der Waals surface area contributed by atoms with Gasteiger partial charge in [-0.2, -0.15) is 0 Å². The van der Waals surface area contributed by atoms with E-state index in [2.05, 4.69) is 15.4 Å². The quantitative estimate of drug-likeness (QED) is 0.626. The minimum absolute atomic E-state index is 0.121. The van der Waals surface area contributed by atoms with Crippen molar-refractivity contribution in [3.05, 3.63) is 45.8 Å². The number of fused-ring (bicyclic) bond motifs is 2. The number of rotatable bonds is 0. The molecule has 0 aliphatic heterocycles. The number of hydrogen-bond donors (Lipinski definition) is 1. The van der Waals surface area contributed by atoms with Crippen molar-refractivity contribution in [1.82, 2.24) is 15.4 Å². The average molecular weight is 227 g/mol. The van der Waals surface area contributed by atoms with Crippen molar-refractivity contribution in [3.8, 4) is 0 Å². The van der Waals surface area contributed by atoms with Crippen LogP contribution in [0, 0.1) is 13.8 Å². The van der Waals surface area contributed by atoms with Gasteiger partial charge in [-0.3, -0.25) is 14.7 Å². The van der Waals surface area contributed by atoms with Gasteiger partial charge in [0.25, 0.3) is 0 Å². The van der Waals surface area contributed by atoms with Gasteiger partial charge < -0.3 is 0 Å². The predicted octanol–water partition coefficient (Wildman–Crippen LogP) is 1.20. The van der Waals surface area contributed by atoms with Crippen LogP contribution in [0.4, 0.5) is 0 Å². The highest BCUT2D eigenvalue weighted by Crippen LogP contribution is 2.28. The summed E-state index contributed by atoms with van der Waals surface area (Å²) in [5.41, 5.74) is 3.00. The normalized spacial score (nSPS) is 13.5. The average Bonchev–Trinajstić information content (AvgIpc) is 2.79. The largest absolute Gasteiger partial charge is 0.287 e. The van der Waals surface area contributed by atoms with Crippen LogP contribution in [0.3, 0.4) is 0 Å². The number of carbonyl (C=O) groups is 2. The first-order valence-electron chi connectivity index (χ1n) is 5.22. The molecule has 0 fully saturated rings. The number of H-pyrrole nitrogens is 1. The summed E-state index contributed by atoms with van der Waals surface area (Å²) in [6.45, 7) is 3.75. The first-order valence-corrected chi connectivity index (χ1v) is 5.22. The van der Waals surface area contributed by atoms with Gasteiger partial charge in [-0.15, -0.1) is 5.10 Å². The molecule has 17 heavy (non-hydrogen) atoms. The number of aromatic nitrogens is 3. The Morgan fingerprint density at radius 1 is 1.12 bits per heavy atom. The van der Waals surface area contributed by atoms with Crippen LogP contribution in [0.1, 0.15) is 43.2 Å². The zero-order chi connectivity index (χ0) is 12.2. The molecule has 5 nitrogen and oxygen atoms in total. The van der Waals surface area contributed by atoms with Crippen molar-refractivity contribution in [2.45, 2.75) is 13.8 Å². The lowest BCUT2D eigenvalue weighted by atomic mass is 9.85. The van der Waals surface area contributed by atoms with E-state index in [0.29, 0.717) is 11.1 Å². The molecule has 1 N–H and O–H groups in total. The smallest absolute Gasteiger partial charge is 0.216 e. The predicted molar refractivity (Wildman–Crippen MR) is 59.2 cm³/mol. The number of ketones is 2. The minimum atomic E-state index is -0.232. The number of aromatic amines is 1. The number of benzene rings is 1. The third-order valence-electron chi connectivity index (χ3n) is 3.20. The van der Waals surface area contributed by atoms with E-state index in [0.717, 1.165) is 11.1 Å². The Morgan fingerprint density at radius 3 is 2.65 bits per heavy atom. The molecule has 0 amide bonds. The molecule has 0 spiro atoms. The fourth-order valence-corrected chi connectivity index (χ4v) is 2.10. The Balaban J connectivity index is 2.38. The Hall–Kier alpha value is -2.30. The molecule has 0 atom stereocenters. The summed E-state index contributed by atoms with van der Waals surface area (Å²) < 4.78 is 0. The van der Waals surface area contributed by atoms with E-state index in [1.165, 1.54) is 0 Å². The summed E-state index contributed by atoms with van der Waals surface area (Å²) in [6.07, 6.45) is 0. The van der Waals surface area contributed by atoms with Gasteiger partial charge in [0.15, 0.2) is 5.69 Å². The summed E-state index contributed by atoms with van der Waals surface area (Å²) in [4.78, 5) is 24.3. The Morgan fingerprint density at radius 2 is 1.88 bits per heavy atom. The summed E-state index contributed by atoms with van der Waals surface area (Å²) >= 11 is 0. The van der Waals surface area contributed by atoms with Crippen LogP contribution in [0.15, 0.2) is 12.1 Å². The van der Waals surface area contributed by atoms with Crippen LogP contribution in [0.25, 0.3) is 0 Å². The summed E-state index contributed by atoms with van der Waals surface area (Å²) in [5, 5.41) is 9.69. The second-order valence-electron chi connectivity index (χ2n) is 4.12. The topological polar surface area (TPSA) is 75.7 Å². The lowest BCUT2D eigenvalue weighted by Gasteiger charge is -2.16. The third kappa shape index (κ3) is 1.13. The molecule has 3 rings (SSSR count). The van der Waals surface area contributed by atoms with Crippen molar-refractivity contribution in [3.63, 3.8) is 0 Å². The lowest BCUT2D eigenvalue weighted by Crippen LogP contribution is -2.22. The molecule has 1 aliphatic carbocycles. The minimum Gasteiger partial charge on any atom is -0.287 e. The summed E-state index contributed by atoms with van der Waals surface area (Å²) in [6, 6.07) is 3.52. The van der Waals surface area contributed by atoms with Crippen LogP contribution in [0.2, 0.25) is 0 Å². The molecule has 84 valence electrons. The van der Waals surface area contributed by atoms with E-state index in [-0.39, 0.29) is 23.0 Å². The number of nitrogens with one attached hydrogen (secondary N) is 1. The van der Waals surface area contributed by atoms with Gasteiger partial charge in [0.2, 0.25) is 11.6 Å². The van der Waals surface area contributed by atoms with Crippen molar-refractivity contribution in [2.75, 3.05) is 0 Å². The number of hydrogen-bond acceptors (Lipinski definition) is 4. The molecule has 1 aromatic heterocycles. The van der Waals surface area contributed by atoms with Crippen molar-refractivity contribution < 1.29 is 9.59 Å².